The number of carbonyl (C=O) groups is 2. The predicted molar refractivity (Wildman–Crippen MR) is 78.2 cm³/mol. The number of carboxylic acids is 1. The molecule has 9 heteroatoms. The number of hydrogen-bond acceptors (Lipinski definition) is 6. The van der Waals surface area contributed by atoms with Crippen LogP contribution in [0.5, 0.6) is 0 Å². The highest BCUT2D eigenvalue weighted by Crippen LogP contribution is 2.25. The van der Waals surface area contributed by atoms with Crippen LogP contribution in [0.15, 0.2) is 18.5 Å². The summed E-state index contributed by atoms with van der Waals surface area (Å²) >= 11 is 0. The van der Waals surface area contributed by atoms with Crippen LogP contribution in [0, 0.1) is 0 Å². The van der Waals surface area contributed by atoms with Gasteiger partial charge >= 0.3 is 5.97 Å². The first-order valence-electron chi connectivity index (χ1n) is 7.36. The third kappa shape index (κ3) is 2.20. The number of anilines is 1. The molecule has 0 spiro atoms. The molecule has 0 aromatic carbocycles. The number of carbonyl (C=O) groups excluding carboxylic acids is 1. The largest absolute Gasteiger partial charge is 0.477 e. The minimum absolute atomic E-state index is 0.0705. The van der Waals surface area contributed by atoms with Crippen molar-refractivity contribution in [1.29, 1.82) is 0 Å². The van der Waals surface area contributed by atoms with E-state index in [1.807, 2.05) is 4.90 Å². The fourth-order valence-electron chi connectivity index (χ4n) is 3.10. The molecular formula is C14H15N5O4. The first-order valence-corrected chi connectivity index (χ1v) is 7.36. The van der Waals surface area contributed by atoms with E-state index in [0.29, 0.717) is 44.3 Å². The summed E-state index contributed by atoms with van der Waals surface area (Å²) in [4.78, 5) is 35.5. The number of imidazole rings is 1. The first-order chi connectivity index (χ1) is 11.1. The Morgan fingerprint density at radius 3 is 3.04 bits per heavy atom. The quantitative estimate of drug-likeness (QED) is 0.820. The fourth-order valence-corrected chi connectivity index (χ4v) is 3.10. The summed E-state index contributed by atoms with van der Waals surface area (Å²) in [5.74, 6) is -0.558. The molecule has 2 aliphatic rings. The maximum absolute atomic E-state index is 12.1. The molecule has 23 heavy (non-hydrogen) atoms. The number of carboxylic acid groups (broad SMARTS) is 1. The van der Waals surface area contributed by atoms with Crippen molar-refractivity contribution in [1.82, 2.24) is 19.3 Å². The number of hydrogen-bond donors (Lipinski definition) is 1. The van der Waals surface area contributed by atoms with Gasteiger partial charge in [0.1, 0.15) is 11.8 Å². The minimum Gasteiger partial charge on any atom is -0.477 e. The van der Waals surface area contributed by atoms with Crippen molar-refractivity contribution in [3.8, 4) is 0 Å². The molecule has 2 aliphatic heterocycles. The van der Waals surface area contributed by atoms with E-state index in [2.05, 4.69) is 9.97 Å². The maximum Gasteiger partial charge on any atom is 0.354 e. The van der Waals surface area contributed by atoms with Gasteiger partial charge in [-0.15, -0.1) is 0 Å². The summed E-state index contributed by atoms with van der Waals surface area (Å²) in [6, 6.07) is 1.43. The van der Waals surface area contributed by atoms with Gasteiger partial charge in [-0.05, 0) is 0 Å². The molecule has 4 rings (SSSR count). The lowest BCUT2D eigenvalue weighted by Gasteiger charge is -2.46. The topological polar surface area (TPSA) is 100 Å². The highest BCUT2D eigenvalue weighted by Gasteiger charge is 2.38. The second-order valence-corrected chi connectivity index (χ2v) is 5.49. The molecule has 0 saturated carbocycles. The van der Waals surface area contributed by atoms with Gasteiger partial charge in [-0.3, -0.25) is 9.20 Å². The molecule has 2 aromatic rings. The number of rotatable bonds is 2. The zero-order chi connectivity index (χ0) is 16.0. The Balaban J connectivity index is 1.82. The molecule has 0 aliphatic carbocycles. The molecule has 120 valence electrons. The predicted octanol–water partition coefficient (Wildman–Crippen LogP) is -0.178. The van der Waals surface area contributed by atoms with E-state index in [0.717, 1.165) is 0 Å². The zero-order valence-corrected chi connectivity index (χ0v) is 12.3. The summed E-state index contributed by atoms with van der Waals surface area (Å²) < 4.78 is 7.24. The van der Waals surface area contributed by atoms with E-state index >= 15 is 0 Å². The Kier molecular flexibility index (Phi) is 3.15. The summed E-state index contributed by atoms with van der Waals surface area (Å²) in [6.45, 7) is 1.89. The first kappa shape index (κ1) is 13.9. The van der Waals surface area contributed by atoms with Gasteiger partial charge in [0, 0.05) is 38.0 Å². The van der Waals surface area contributed by atoms with E-state index in [1.54, 1.807) is 21.7 Å². The molecule has 1 amide bonds. The molecule has 0 radical (unpaired) electrons. The minimum atomic E-state index is -1.11. The average Bonchev–Trinajstić information content (AvgIpc) is 3.03. The molecule has 2 fully saturated rings. The van der Waals surface area contributed by atoms with E-state index < -0.39 is 5.97 Å². The standard InChI is InChI=1S/C14H15N5O4/c20-12-1-3-19(11-8-23-6-5-18(11)12)14-16-9(13(21)22)7-10-15-2-4-17(10)14/h2,4,7,11H,1,3,5-6,8H2,(H,21,22). The highest BCUT2D eigenvalue weighted by molar-refractivity contribution is 5.87. The van der Waals surface area contributed by atoms with Crippen LogP contribution >= 0.6 is 0 Å². The van der Waals surface area contributed by atoms with Gasteiger partial charge in [0.2, 0.25) is 11.9 Å². The van der Waals surface area contributed by atoms with Gasteiger partial charge in [0.05, 0.1) is 13.2 Å². The summed E-state index contributed by atoms with van der Waals surface area (Å²) in [7, 11) is 0. The van der Waals surface area contributed by atoms with E-state index in [-0.39, 0.29) is 17.8 Å². The molecule has 1 N–H and O–H groups in total. The van der Waals surface area contributed by atoms with Crippen molar-refractivity contribution in [2.45, 2.75) is 12.6 Å². The smallest absolute Gasteiger partial charge is 0.354 e. The average molecular weight is 317 g/mol. The SMILES string of the molecule is O=C(O)c1cc2nccn2c(N2CCC(=O)N3CCOCC32)n1. The van der Waals surface area contributed by atoms with Crippen LogP contribution in [0.1, 0.15) is 16.9 Å². The maximum atomic E-state index is 12.1. The van der Waals surface area contributed by atoms with E-state index in [1.165, 1.54) is 6.07 Å². The number of nitrogens with zero attached hydrogens (tertiary/aromatic N) is 5. The summed E-state index contributed by atoms with van der Waals surface area (Å²) in [5, 5.41) is 9.27. The molecule has 1 unspecified atom stereocenters. The Labute approximate surface area is 131 Å². The lowest BCUT2D eigenvalue weighted by atomic mass is 10.2. The van der Waals surface area contributed by atoms with Gasteiger partial charge in [0.15, 0.2) is 5.69 Å². The second-order valence-electron chi connectivity index (χ2n) is 5.49. The molecule has 2 saturated heterocycles. The molecule has 4 heterocycles. The highest BCUT2D eigenvalue weighted by atomic mass is 16.5. The van der Waals surface area contributed by atoms with Crippen LogP contribution in [-0.4, -0.2) is 68.7 Å². The third-order valence-electron chi connectivity index (χ3n) is 4.20. The normalized spacial score (nSPS) is 21.6. The Morgan fingerprint density at radius 2 is 2.22 bits per heavy atom. The van der Waals surface area contributed by atoms with Crippen molar-refractivity contribution in [3.63, 3.8) is 0 Å². The lowest BCUT2D eigenvalue weighted by Crippen LogP contribution is -2.62. The molecular weight excluding hydrogens is 302 g/mol. The monoisotopic (exact) mass is 317 g/mol. The lowest BCUT2D eigenvalue weighted by molar-refractivity contribution is -0.142. The Bertz CT molecular complexity index is 789. The van der Waals surface area contributed by atoms with Crippen LogP contribution in [0.2, 0.25) is 0 Å². The van der Waals surface area contributed by atoms with Gasteiger partial charge in [-0.2, -0.15) is 0 Å². The number of aromatic carboxylic acids is 1. The van der Waals surface area contributed by atoms with Crippen LogP contribution < -0.4 is 4.90 Å². The molecule has 0 bridgehead atoms. The Morgan fingerprint density at radius 1 is 1.35 bits per heavy atom. The van der Waals surface area contributed by atoms with E-state index in [9.17, 15) is 14.7 Å². The number of amides is 1. The number of aromatic nitrogens is 3. The summed E-state index contributed by atoms with van der Waals surface area (Å²) in [5.41, 5.74) is 0.437. The van der Waals surface area contributed by atoms with Crippen LogP contribution in [0.4, 0.5) is 5.95 Å². The van der Waals surface area contributed by atoms with Crippen LogP contribution in [0.25, 0.3) is 5.65 Å². The molecule has 1 atom stereocenters. The number of fused-ring (bicyclic) bond motifs is 2. The van der Waals surface area contributed by atoms with Gasteiger partial charge in [-0.1, -0.05) is 0 Å². The van der Waals surface area contributed by atoms with Crippen LogP contribution in [-0.2, 0) is 9.53 Å². The van der Waals surface area contributed by atoms with Crippen molar-refractivity contribution < 1.29 is 19.4 Å². The number of ether oxygens (including phenoxy) is 1. The van der Waals surface area contributed by atoms with Gasteiger partial charge in [0.25, 0.3) is 0 Å². The fraction of sp³-hybridized carbons (Fsp3) is 0.429. The van der Waals surface area contributed by atoms with Crippen molar-refractivity contribution >= 4 is 23.5 Å². The van der Waals surface area contributed by atoms with Crippen molar-refractivity contribution in [2.75, 3.05) is 31.2 Å². The Hall–Kier alpha value is -2.68. The number of morpholine rings is 1. The molecule has 9 nitrogen and oxygen atoms in total. The van der Waals surface area contributed by atoms with E-state index in [4.69, 9.17) is 4.74 Å². The zero-order valence-electron chi connectivity index (χ0n) is 12.3. The summed E-state index contributed by atoms with van der Waals surface area (Å²) in [6.07, 6.45) is 3.42. The van der Waals surface area contributed by atoms with Crippen molar-refractivity contribution in [3.05, 3.63) is 24.2 Å². The van der Waals surface area contributed by atoms with Gasteiger partial charge in [-0.25, -0.2) is 14.8 Å². The molecule has 2 aromatic heterocycles. The third-order valence-corrected chi connectivity index (χ3v) is 4.20. The van der Waals surface area contributed by atoms with Crippen molar-refractivity contribution in [2.24, 2.45) is 0 Å². The second kappa shape index (κ2) is 5.20. The van der Waals surface area contributed by atoms with Crippen LogP contribution in [0.3, 0.4) is 0 Å². The van der Waals surface area contributed by atoms with Gasteiger partial charge < -0.3 is 19.6 Å².